The van der Waals surface area contributed by atoms with Crippen molar-refractivity contribution in [3.05, 3.63) is 65.4 Å². The number of fused-ring (bicyclic) bond motifs is 2. The summed E-state index contributed by atoms with van der Waals surface area (Å²) in [6.07, 6.45) is 0.790. The van der Waals surface area contributed by atoms with Crippen LogP contribution in [0.5, 0.6) is 0 Å². The summed E-state index contributed by atoms with van der Waals surface area (Å²) in [5, 5.41) is 0.807. The summed E-state index contributed by atoms with van der Waals surface area (Å²) in [5.41, 5.74) is 3.22. The molecule has 1 amide bonds. The van der Waals surface area contributed by atoms with Crippen molar-refractivity contribution in [3.63, 3.8) is 0 Å². The molecule has 0 spiro atoms. The molecule has 0 N–H and O–H groups in total. The molecule has 2 heterocycles. The number of furan rings is 1. The Kier molecular flexibility index (Phi) is 5.36. The van der Waals surface area contributed by atoms with Gasteiger partial charge in [0, 0.05) is 29.3 Å². The lowest BCUT2D eigenvalue weighted by atomic mass is 10.1. The lowest BCUT2D eigenvalue weighted by Gasteiger charge is -2.22. The van der Waals surface area contributed by atoms with Crippen LogP contribution in [-0.4, -0.2) is 31.1 Å². The molecule has 3 aromatic rings. The Balaban J connectivity index is 1.51. The molecule has 0 bridgehead atoms. The van der Waals surface area contributed by atoms with E-state index in [1.165, 1.54) is 0 Å². The van der Waals surface area contributed by atoms with Gasteiger partial charge in [0.2, 0.25) is 5.76 Å². The van der Waals surface area contributed by atoms with E-state index in [9.17, 15) is 9.59 Å². The molecule has 6 heteroatoms. The summed E-state index contributed by atoms with van der Waals surface area (Å²) in [6, 6.07) is 15.2. The maximum atomic E-state index is 12.8. The van der Waals surface area contributed by atoms with Gasteiger partial charge in [0.1, 0.15) is 5.58 Å². The van der Waals surface area contributed by atoms with Crippen LogP contribution in [0.1, 0.15) is 35.5 Å². The fourth-order valence-corrected chi connectivity index (χ4v) is 3.82. The number of esters is 1. The van der Waals surface area contributed by atoms with E-state index in [1.54, 1.807) is 11.0 Å². The number of ether oxygens (including phenoxy) is 2. The van der Waals surface area contributed by atoms with Crippen LogP contribution in [-0.2, 0) is 27.3 Å². The van der Waals surface area contributed by atoms with Crippen LogP contribution in [0.15, 0.2) is 52.9 Å². The lowest BCUT2D eigenvalue weighted by Crippen LogP contribution is -2.38. The second-order valence-corrected chi connectivity index (χ2v) is 7.06. The summed E-state index contributed by atoms with van der Waals surface area (Å²) in [5.74, 6) is -0.829. The van der Waals surface area contributed by atoms with Crippen LogP contribution in [0.25, 0.3) is 11.0 Å². The SMILES string of the molecule is CCOCc1c(C(=O)OCC(=O)N2c3ccccc3C[C@@H]2C)oc2ccccc12. The molecule has 0 unspecified atom stereocenters. The highest BCUT2D eigenvalue weighted by molar-refractivity contribution is 6.00. The van der Waals surface area contributed by atoms with Gasteiger partial charge >= 0.3 is 5.97 Å². The molecule has 150 valence electrons. The molecule has 0 saturated carbocycles. The van der Waals surface area contributed by atoms with E-state index in [4.69, 9.17) is 13.9 Å². The first kappa shape index (κ1) is 19.2. The van der Waals surface area contributed by atoms with Gasteiger partial charge in [-0.15, -0.1) is 0 Å². The number of nitrogens with zero attached hydrogens (tertiary/aromatic N) is 1. The number of carbonyl (C=O) groups excluding carboxylic acids is 2. The van der Waals surface area contributed by atoms with Gasteiger partial charge in [-0.2, -0.15) is 0 Å². The highest BCUT2D eigenvalue weighted by atomic mass is 16.5. The van der Waals surface area contributed by atoms with Crippen LogP contribution < -0.4 is 4.90 Å². The number of benzene rings is 2. The number of carbonyl (C=O) groups is 2. The Morgan fingerprint density at radius 1 is 1.14 bits per heavy atom. The average molecular weight is 393 g/mol. The van der Waals surface area contributed by atoms with Gasteiger partial charge in [-0.1, -0.05) is 36.4 Å². The minimum atomic E-state index is -0.663. The van der Waals surface area contributed by atoms with Gasteiger partial charge in [-0.05, 0) is 38.0 Å². The third kappa shape index (κ3) is 3.63. The molecule has 2 aromatic carbocycles. The average Bonchev–Trinajstić information content (AvgIpc) is 3.27. The van der Waals surface area contributed by atoms with E-state index in [1.807, 2.05) is 56.3 Å². The molecule has 29 heavy (non-hydrogen) atoms. The van der Waals surface area contributed by atoms with Crippen molar-refractivity contribution in [2.45, 2.75) is 32.9 Å². The Bertz CT molecular complexity index is 1050. The molecule has 4 rings (SSSR count). The fourth-order valence-electron chi connectivity index (χ4n) is 3.82. The Labute approximate surface area is 169 Å². The number of rotatable bonds is 6. The van der Waals surface area contributed by atoms with Gasteiger partial charge in [-0.3, -0.25) is 4.79 Å². The van der Waals surface area contributed by atoms with Crippen molar-refractivity contribution < 1.29 is 23.5 Å². The van der Waals surface area contributed by atoms with Crippen molar-refractivity contribution in [2.24, 2.45) is 0 Å². The number of anilines is 1. The number of para-hydroxylation sites is 2. The maximum Gasteiger partial charge on any atom is 0.375 e. The van der Waals surface area contributed by atoms with E-state index in [-0.39, 0.29) is 30.9 Å². The number of hydrogen-bond acceptors (Lipinski definition) is 5. The van der Waals surface area contributed by atoms with Crippen molar-refractivity contribution in [3.8, 4) is 0 Å². The summed E-state index contributed by atoms with van der Waals surface area (Å²) in [6.45, 7) is 4.27. The third-order valence-electron chi connectivity index (χ3n) is 5.14. The van der Waals surface area contributed by atoms with E-state index in [0.717, 1.165) is 23.1 Å². The van der Waals surface area contributed by atoms with Crippen LogP contribution in [0.2, 0.25) is 0 Å². The quantitative estimate of drug-likeness (QED) is 0.590. The van der Waals surface area contributed by atoms with Crippen LogP contribution in [0.3, 0.4) is 0 Å². The van der Waals surface area contributed by atoms with Crippen molar-refractivity contribution in [2.75, 3.05) is 18.1 Å². The molecule has 1 aromatic heterocycles. The monoisotopic (exact) mass is 393 g/mol. The molecule has 1 atom stereocenters. The van der Waals surface area contributed by atoms with Crippen molar-refractivity contribution in [1.29, 1.82) is 0 Å². The molecule has 0 fully saturated rings. The van der Waals surface area contributed by atoms with E-state index in [0.29, 0.717) is 17.8 Å². The minimum Gasteiger partial charge on any atom is -0.450 e. The second kappa shape index (κ2) is 8.09. The first-order chi connectivity index (χ1) is 14.1. The predicted molar refractivity (Wildman–Crippen MR) is 109 cm³/mol. The Morgan fingerprint density at radius 2 is 1.90 bits per heavy atom. The molecular weight excluding hydrogens is 370 g/mol. The van der Waals surface area contributed by atoms with Gasteiger partial charge < -0.3 is 18.8 Å². The zero-order chi connectivity index (χ0) is 20.4. The smallest absolute Gasteiger partial charge is 0.375 e. The van der Waals surface area contributed by atoms with Gasteiger partial charge in [-0.25, -0.2) is 4.79 Å². The normalized spacial score (nSPS) is 15.5. The zero-order valence-electron chi connectivity index (χ0n) is 16.5. The summed E-state index contributed by atoms with van der Waals surface area (Å²) < 4.78 is 16.5. The van der Waals surface area contributed by atoms with Crippen LogP contribution in [0.4, 0.5) is 5.69 Å². The van der Waals surface area contributed by atoms with E-state index >= 15 is 0 Å². The second-order valence-electron chi connectivity index (χ2n) is 7.06. The first-order valence-corrected chi connectivity index (χ1v) is 9.75. The summed E-state index contributed by atoms with van der Waals surface area (Å²) >= 11 is 0. The summed E-state index contributed by atoms with van der Waals surface area (Å²) in [7, 11) is 0. The minimum absolute atomic E-state index is 0.0262. The fraction of sp³-hybridized carbons (Fsp3) is 0.304. The van der Waals surface area contributed by atoms with Gasteiger partial charge in [0.25, 0.3) is 5.91 Å². The number of amides is 1. The van der Waals surface area contributed by atoms with Crippen LogP contribution in [0, 0.1) is 0 Å². The van der Waals surface area contributed by atoms with E-state index < -0.39 is 5.97 Å². The molecule has 0 radical (unpaired) electrons. The Morgan fingerprint density at radius 3 is 2.72 bits per heavy atom. The molecule has 1 aliphatic heterocycles. The molecule has 0 aliphatic carbocycles. The standard InChI is InChI=1S/C23H23NO5/c1-3-27-13-18-17-9-5-7-11-20(17)29-22(18)23(26)28-14-21(25)24-15(2)12-16-8-4-6-10-19(16)24/h4-11,15H,3,12-14H2,1-2H3/t15-/m0/s1. The predicted octanol–water partition coefficient (Wildman–Crippen LogP) is 4.10. The zero-order valence-corrected chi connectivity index (χ0v) is 16.5. The molecule has 6 nitrogen and oxygen atoms in total. The molecular formula is C23H23NO5. The Hall–Kier alpha value is -3.12. The van der Waals surface area contributed by atoms with Crippen molar-refractivity contribution in [1.82, 2.24) is 0 Å². The maximum absolute atomic E-state index is 12.8. The lowest BCUT2D eigenvalue weighted by molar-refractivity contribution is -0.122. The first-order valence-electron chi connectivity index (χ1n) is 9.75. The highest BCUT2D eigenvalue weighted by Crippen LogP contribution is 2.32. The molecule has 0 saturated heterocycles. The van der Waals surface area contributed by atoms with Gasteiger partial charge in [0.05, 0.1) is 6.61 Å². The van der Waals surface area contributed by atoms with Gasteiger partial charge in [0.15, 0.2) is 6.61 Å². The summed E-state index contributed by atoms with van der Waals surface area (Å²) in [4.78, 5) is 27.2. The molecule has 1 aliphatic rings. The van der Waals surface area contributed by atoms with E-state index in [2.05, 4.69) is 0 Å². The largest absolute Gasteiger partial charge is 0.450 e. The topological polar surface area (TPSA) is 69.0 Å². The van der Waals surface area contributed by atoms with Crippen LogP contribution >= 0.6 is 0 Å². The number of hydrogen-bond donors (Lipinski definition) is 0. The van der Waals surface area contributed by atoms with Crippen molar-refractivity contribution >= 4 is 28.5 Å². The third-order valence-corrected chi connectivity index (χ3v) is 5.14. The highest BCUT2D eigenvalue weighted by Gasteiger charge is 2.31.